The highest BCUT2D eigenvalue weighted by Crippen LogP contribution is 2.66. The molecule has 0 unspecified atom stereocenters. The molecule has 0 heterocycles. The molecular weight excluding hydrogens is 296 g/mol. The summed E-state index contributed by atoms with van der Waals surface area (Å²) in [5.74, 6) is 3.29. The van der Waals surface area contributed by atoms with Gasteiger partial charge in [-0.05, 0) is 92.3 Å². The molecule has 0 aromatic carbocycles. The maximum atomic E-state index is 10.9. The third-order valence-electron chi connectivity index (χ3n) is 8.91. The molecule has 3 fully saturated rings. The maximum absolute atomic E-state index is 10.9. The van der Waals surface area contributed by atoms with Crippen LogP contribution in [0.25, 0.3) is 0 Å². The molecule has 0 spiro atoms. The molecule has 0 aromatic rings. The Morgan fingerprint density at radius 1 is 1.17 bits per heavy atom. The fourth-order valence-corrected chi connectivity index (χ4v) is 7.49. The number of aliphatic hydroxyl groups is 1. The first kappa shape index (κ1) is 16.8. The molecule has 0 bridgehead atoms. The number of carbonyl (C=O) groups is 1. The standard InChI is InChI=1S/C22H34O2/c1-21-12-10-20-18(19(21)8-6-15(21)4-3-13-23)7-5-16-14-17(24)9-11-22(16,20)2/h5,13,15,17-20,24H,3-4,6-12,14H2,1-2H3/t15-,17-,18-,19-,20-,21+,22-/m0/s1. The van der Waals surface area contributed by atoms with Crippen molar-refractivity contribution in [2.24, 2.45) is 34.5 Å². The first-order valence-electron chi connectivity index (χ1n) is 10.3. The number of hydrogen-bond acceptors (Lipinski definition) is 2. The Labute approximate surface area is 147 Å². The minimum absolute atomic E-state index is 0.103. The average molecular weight is 331 g/mol. The second-order valence-corrected chi connectivity index (χ2v) is 9.72. The average Bonchev–Trinajstić information content (AvgIpc) is 2.90. The van der Waals surface area contributed by atoms with Crippen LogP contribution < -0.4 is 0 Å². The lowest BCUT2D eigenvalue weighted by Crippen LogP contribution is -2.50. The number of fused-ring (bicyclic) bond motifs is 5. The lowest BCUT2D eigenvalue weighted by atomic mass is 9.47. The SMILES string of the molecule is C[C@]12CC[C@H]3[C@@H](CC=C4C[C@@H](O)CC[C@@]43C)[C@@H]1CC[C@@H]2CCC=O. The summed E-state index contributed by atoms with van der Waals surface area (Å²) in [6.45, 7) is 5.05. The van der Waals surface area contributed by atoms with Gasteiger partial charge < -0.3 is 9.90 Å². The monoisotopic (exact) mass is 330 g/mol. The van der Waals surface area contributed by atoms with Gasteiger partial charge in [0.25, 0.3) is 0 Å². The van der Waals surface area contributed by atoms with E-state index in [9.17, 15) is 9.90 Å². The summed E-state index contributed by atoms with van der Waals surface area (Å²) in [6, 6.07) is 0. The van der Waals surface area contributed by atoms with Crippen LogP contribution in [0.4, 0.5) is 0 Å². The second kappa shape index (κ2) is 5.97. The van der Waals surface area contributed by atoms with E-state index in [2.05, 4.69) is 19.9 Å². The molecule has 134 valence electrons. The maximum Gasteiger partial charge on any atom is 0.120 e. The van der Waals surface area contributed by atoms with E-state index < -0.39 is 0 Å². The molecule has 0 aliphatic heterocycles. The van der Waals surface area contributed by atoms with E-state index in [-0.39, 0.29) is 6.10 Å². The van der Waals surface area contributed by atoms with Crippen LogP contribution in [0.1, 0.15) is 78.1 Å². The van der Waals surface area contributed by atoms with Gasteiger partial charge in [0.2, 0.25) is 0 Å². The molecule has 2 heteroatoms. The molecule has 1 N–H and O–H groups in total. The highest BCUT2D eigenvalue weighted by Gasteiger charge is 2.58. The summed E-state index contributed by atoms with van der Waals surface area (Å²) >= 11 is 0. The molecule has 4 rings (SSSR count). The zero-order valence-corrected chi connectivity index (χ0v) is 15.5. The smallest absolute Gasteiger partial charge is 0.120 e. The first-order chi connectivity index (χ1) is 11.5. The van der Waals surface area contributed by atoms with Crippen LogP contribution >= 0.6 is 0 Å². The zero-order chi connectivity index (χ0) is 16.9. The quantitative estimate of drug-likeness (QED) is 0.590. The molecule has 24 heavy (non-hydrogen) atoms. The van der Waals surface area contributed by atoms with E-state index in [0.717, 1.165) is 55.6 Å². The molecule has 0 radical (unpaired) electrons. The Morgan fingerprint density at radius 2 is 2.00 bits per heavy atom. The molecule has 0 amide bonds. The van der Waals surface area contributed by atoms with Crippen molar-refractivity contribution in [2.75, 3.05) is 0 Å². The van der Waals surface area contributed by atoms with Crippen LogP contribution in [0, 0.1) is 34.5 Å². The van der Waals surface area contributed by atoms with Crippen LogP contribution in [-0.2, 0) is 4.79 Å². The normalized spacial score (nSPS) is 50.5. The summed E-state index contributed by atoms with van der Waals surface area (Å²) in [5, 5.41) is 10.1. The van der Waals surface area contributed by atoms with Gasteiger partial charge in [0, 0.05) is 6.42 Å². The number of allylic oxidation sites excluding steroid dienone is 1. The minimum Gasteiger partial charge on any atom is -0.393 e. The molecule has 0 aromatic heterocycles. The summed E-state index contributed by atoms with van der Waals surface area (Å²) in [6.07, 6.45) is 15.2. The van der Waals surface area contributed by atoms with Crippen LogP contribution in [0.3, 0.4) is 0 Å². The van der Waals surface area contributed by atoms with Crippen molar-refractivity contribution < 1.29 is 9.90 Å². The van der Waals surface area contributed by atoms with Crippen LogP contribution in [0.2, 0.25) is 0 Å². The fraction of sp³-hybridized carbons (Fsp3) is 0.864. The Bertz CT molecular complexity index is 538. The predicted octanol–water partition coefficient (Wildman–Crippen LogP) is 4.91. The Balaban J connectivity index is 1.59. The number of hydrogen-bond donors (Lipinski definition) is 1. The third-order valence-corrected chi connectivity index (χ3v) is 8.91. The largest absolute Gasteiger partial charge is 0.393 e. The van der Waals surface area contributed by atoms with Crippen molar-refractivity contribution in [1.29, 1.82) is 0 Å². The van der Waals surface area contributed by atoms with Gasteiger partial charge in [-0.3, -0.25) is 0 Å². The van der Waals surface area contributed by atoms with Gasteiger partial charge in [-0.15, -0.1) is 0 Å². The summed E-state index contributed by atoms with van der Waals surface area (Å²) in [4.78, 5) is 10.9. The fourth-order valence-electron chi connectivity index (χ4n) is 7.49. The van der Waals surface area contributed by atoms with Crippen molar-refractivity contribution in [2.45, 2.75) is 84.2 Å². The van der Waals surface area contributed by atoms with Crippen molar-refractivity contribution in [3.05, 3.63) is 11.6 Å². The molecular formula is C22H34O2. The molecule has 3 saturated carbocycles. The Kier molecular flexibility index (Phi) is 4.18. The highest BCUT2D eigenvalue weighted by molar-refractivity contribution is 5.49. The van der Waals surface area contributed by atoms with Gasteiger partial charge in [-0.1, -0.05) is 25.5 Å². The van der Waals surface area contributed by atoms with Crippen LogP contribution in [0.15, 0.2) is 11.6 Å². The topological polar surface area (TPSA) is 37.3 Å². The predicted molar refractivity (Wildman–Crippen MR) is 96.5 cm³/mol. The van der Waals surface area contributed by atoms with E-state index in [1.807, 2.05) is 0 Å². The van der Waals surface area contributed by atoms with Crippen LogP contribution in [-0.4, -0.2) is 17.5 Å². The minimum atomic E-state index is -0.103. The lowest BCUT2D eigenvalue weighted by Gasteiger charge is -2.58. The van der Waals surface area contributed by atoms with Gasteiger partial charge >= 0.3 is 0 Å². The van der Waals surface area contributed by atoms with Crippen molar-refractivity contribution in [3.63, 3.8) is 0 Å². The van der Waals surface area contributed by atoms with Gasteiger partial charge in [0.1, 0.15) is 6.29 Å². The molecule has 0 saturated heterocycles. The molecule has 4 aliphatic rings. The van der Waals surface area contributed by atoms with Crippen molar-refractivity contribution >= 4 is 6.29 Å². The number of carbonyl (C=O) groups excluding carboxylic acids is 1. The third kappa shape index (κ3) is 2.35. The molecule has 7 atom stereocenters. The van der Waals surface area contributed by atoms with E-state index in [1.165, 1.54) is 38.5 Å². The van der Waals surface area contributed by atoms with Gasteiger partial charge in [0.15, 0.2) is 0 Å². The van der Waals surface area contributed by atoms with Gasteiger partial charge in [-0.25, -0.2) is 0 Å². The molecule has 4 aliphatic carbocycles. The van der Waals surface area contributed by atoms with E-state index in [0.29, 0.717) is 10.8 Å². The highest BCUT2D eigenvalue weighted by atomic mass is 16.3. The van der Waals surface area contributed by atoms with E-state index >= 15 is 0 Å². The summed E-state index contributed by atoms with van der Waals surface area (Å²) < 4.78 is 0. The summed E-state index contributed by atoms with van der Waals surface area (Å²) in [5.41, 5.74) is 2.39. The second-order valence-electron chi connectivity index (χ2n) is 9.72. The first-order valence-corrected chi connectivity index (χ1v) is 10.3. The Hall–Kier alpha value is -0.630. The van der Waals surface area contributed by atoms with Crippen LogP contribution in [0.5, 0.6) is 0 Å². The zero-order valence-electron chi connectivity index (χ0n) is 15.5. The Morgan fingerprint density at radius 3 is 2.79 bits per heavy atom. The van der Waals surface area contributed by atoms with E-state index in [1.54, 1.807) is 5.57 Å². The van der Waals surface area contributed by atoms with Gasteiger partial charge in [0.05, 0.1) is 6.10 Å². The lowest BCUT2D eigenvalue weighted by molar-refractivity contribution is -0.108. The summed E-state index contributed by atoms with van der Waals surface area (Å²) in [7, 11) is 0. The molecule has 2 nitrogen and oxygen atoms in total. The number of aliphatic hydroxyl groups excluding tert-OH is 1. The number of rotatable bonds is 3. The number of aldehydes is 1. The van der Waals surface area contributed by atoms with Crippen molar-refractivity contribution in [3.8, 4) is 0 Å². The van der Waals surface area contributed by atoms with E-state index in [4.69, 9.17) is 0 Å². The van der Waals surface area contributed by atoms with Gasteiger partial charge in [-0.2, -0.15) is 0 Å². The van der Waals surface area contributed by atoms with Crippen molar-refractivity contribution in [1.82, 2.24) is 0 Å².